The number of fused-ring (bicyclic) bond motifs is 1. The van der Waals surface area contributed by atoms with Gasteiger partial charge in [-0.05, 0) is 18.2 Å². The topological polar surface area (TPSA) is 78.4 Å². The first kappa shape index (κ1) is 21.8. The number of alkyl halides is 3. The normalized spacial score (nSPS) is 18.7. The fourth-order valence-corrected chi connectivity index (χ4v) is 3.95. The van der Waals surface area contributed by atoms with Gasteiger partial charge in [0.2, 0.25) is 5.91 Å². The van der Waals surface area contributed by atoms with Gasteiger partial charge in [-0.3, -0.25) is 4.79 Å². The van der Waals surface area contributed by atoms with Crippen molar-refractivity contribution in [2.75, 3.05) is 25.0 Å². The van der Waals surface area contributed by atoms with Crippen LogP contribution < -0.4 is 5.32 Å². The predicted molar refractivity (Wildman–Crippen MR) is 115 cm³/mol. The van der Waals surface area contributed by atoms with Crippen LogP contribution in [0.2, 0.25) is 0 Å². The molecule has 0 saturated carbocycles. The van der Waals surface area contributed by atoms with Gasteiger partial charge in [-0.15, -0.1) is 10.2 Å². The van der Waals surface area contributed by atoms with Crippen molar-refractivity contribution in [1.82, 2.24) is 15.1 Å². The second-order valence-electron chi connectivity index (χ2n) is 7.66. The van der Waals surface area contributed by atoms with E-state index in [0.717, 1.165) is 22.9 Å². The molecule has 1 saturated heterocycles. The van der Waals surface area contributed by atoms with Gasteiger partial charge in [0, 0.05) is 42.0 Å². The summed E-state index contributed by atoms with van der Waals surface area (Å²) in [4.78, 5) is 13.6. The number of halogens is 3. The van der Waals surface area contributed by atoms with Crippen LogP contribution >= 0.6 is 0 Å². The lowest BCUT2D eigenvalue weighted by Gasteiger charge is -2.19. The number of aliphatic hydroxyl groups excluding tert-OH is 1. The Balaban J connectivity index is 1.67. The Labute approximate surface area is 182 Å². The molecule has 1 aromatic heterocycles. The molecule has 0 aliphatic carbocycles. The van der Waals surface area contributed by atoms with E-state index in [1.54, 1.807) is 4.90 Å². The second kappa shape index (κ2) is 8.58. The predicted octanol–water partition coefficient (Wildman–Crippen LogP) is 3.73. The van der Waals surface area contributed by atoms with Gasteiger partial charge >= 0.3 is 6.18 Å². The summed E-state index contributed by atoms with van der Waals surface area (Å²) in [5, 5.41) is 23.1. The lowest BCUT2D eigenvalue weighted by molar-refractivity contribution is -0.137. The van der Waals surface area contributed by atoms with Gasteiger partial charge < -0.3 is 15.3 Å². The first-order valence-electron chi connectivity index (χ1n) is 10.0. The number of anilines is 1. The smallest absolute Gasteiger partial charge is 0.396 e. The van der Waals surface area contributed by atoms with Crippen molar-refractivity contribution in [1.29, 1.82) is 0 Å². The summed E-state index contributed by atoms with van der Waals surface area (Å²) in [5.74, 6) is 0.0861. The molecule has 1 aliphatic rings. The van der Waals surface area contributed by atoms with Gasteiger partial charge in [0.1, 0.15) is 5.69 Å². The molecule has 0 bridgehead atoms. The monoisotopic (exact) mass is 442 g/mol. The molecule has 4 rings (SSSR count). The van der Waals surface area contributed by atoms with E-state index in [0.29, 0.717) is 30.2 Å². The Kier molecular flexibility index (Phi) is 5.84. The molecule has 9 heteroatoms. The van der Waals surface area contributed by atoms with E-state index in [4.69, 9.17) is 0 Å². The summed E-state index contributed by atoms with van der Waals surface area (Å²) in [7, 11) is 0. The van der Waals surface area contributed by atoms with E-state index in [-0.39, 0.29) is 24.5 Å². The average Bonchev–Trinajstić information content (AvgIpc) is 3.21. The standard InChI is InChI=1S/C23H21F3N4O2/c1-2-20(32)30-11-15(13-31)19(12-30)27-22-18-6-4-3-5-17(18)21(28-29-22)14-7-9-16(10-8-14)23(24,25)26/h2-10,15,19,31H,1,11-13H2,(H,27,29)/t15-,19-/m1/s1. The van der Waals surface area contributed by atoms with Crippen LogP contribution in [0.15, 0.2) is 61.2 Å². The Morgan fingerprint density at radius 2 is 1.81 bits per heavy atom. The average molecular weight is 442 g/mol. The highest BCUT2D eigenvalue weighted by molar-refractivity contribution is 6.00. The first-order valence-corrected chi connectivity index (χ1v) is 10.0. The SMILES string of the molecule is C=CC(=O)N1C[C@H](CO)[C@H](Nc2nnc(-c3ccc(C(F)(F)F)cc3)c3ccccc23)C1. The Bertz CT molecular complexity index is 1150. The highest BCUT2D eigenvalue weighted by Crippen LogP contribution is 2.34. The summed E-state index contributed by atoms with van der Waals surface area (Å²) in [6, 6.07) is 11.9. The van der Waals surface area contributed by atoms with Gasteiger partial charge in [-0.1, -0.05) is 43.0 Å². The van der Waals surface area contributed by atoms with Crippen LogP contribution in [-0.2, 0) is 11.0 Å². The van der Waals surface area contributed by atoms with E-state index in [1.807, 2.05) is 24.3 Å². The Morgan fingerprint density at radius 3 is 2.44 bits per heavy atom. The lowest BCUT2D eigenvalue weighted by atomic mass is 10.0. The van der Waals surface area contributed by atoms with Gasteiger partial charge in [0.25, 0.3) is 0 Å². The number of carbonyl (C=O) groups is 1. The van der Waals surface area contributed by atoms with Crippen molar-refractivity contribution in [3.05, 3.63) is 66.7 Å². The molecule has 2 N–H and O–H groups in total. The third-order valence-electron chi connectivity index (χ3n) is 5.66. The molecule has 2 aromatic carbocycles. The van der Waals surface area contributed by atoms with E-state index in [9.17, 15) is 23.1 Å². The third kappa shape index (κ3) is 4.16. The highest BCUT2D eigenvalue weighted by atomic mass is 19.4. The van der Waals surface area contributed by atoms with Gasteiger partial charge in [-0.25, -0.2) is 0 Å². The minimum atomic E-state index is -4.41. The van der Waals surface area contributed by atoms with Crippen LogP contribution in [-0.4, -0.2) is 51.8 Å². The number of nitrogens with one attached hydrogen (secondary N) is 1. The summed E-state index contributed by atoms with van der Waals surface area (Å²) in [5.41, 5.74) is 0.255. The lowest BCUT2D eigenvalue weighted by Crippen LogP contribution is -2.32. The van der Waals surface area contributed by atoms with E-state index < -0.39 is 11.7 Å². The van der Waals surface area contributed by atoms with Crippen LogP contribution in [0.4, 0.5) is 19.0 Å². The van der Waals surface area contributed by atoms with Crippen molar-refractivity contribution >= 4 is 22.5 Å². The highest BCUT2D eigenvalue weighted by Gasteiger charge is 2.34. The van der Waals surface area contributed by atoms with Crippen LogP contribution in [0.25, 0.3) is 22.0 Å². The molecule has 1 amide bonds. The maximum absolute atomic E-state index is 12.9. The number of hydrogen-bond acceptors (Lipinski definition) is 5. The van der Waals surface area contributed by atoms with Gasteiger partial charge in [-0.2, -0.15) is 13.2 Å². The van der Waals surface area contributed by atoms with E-state index in [1.165, 1.54) is 18.2 Å². The maximum atomic E-state index is 12.9. The number of rotatable bonds is 5. The first-order chi connectivity index (χ1) is 15.3. The van der Waals surface area contributed by atoms with Crippen LogP contribution in [0.1, 0.15) is 5.56 Å². The molecule has 32 heavy (non-hydrogen) atoms. The number of benzene rings is 2. The molecule has 6 nitrogen and oxygen atoms in total. The molecule has 1 aliphatic heterocycles. The molecule has 166 valence electrons. The number of carbonyl (C=O) groups excluding carboxylic acids is 1. The van der Waals surface area contributed by atoms with Crippen molar-refractivity contribution in [3.8, 4) is 11.3 Å². The zero-order chi connectivity index (χ0) is 22.9. The minimum Gasteiger partial charge on any atom is -0.396 e. The van der Waals surface area contributed by atoms with Gasteiger partial charge in [0.05, 0.1) is 11.6 Å². The largest absolute Gasteiger partial charge is 0.416 e. The summed E-state index contributed by atoms with van der Waals surface area (Å²) >= 11 is 0. The van der Waals surface area contributed by atoms with Crippen LogP contribution in [0.3, 0.4) is 0 Å². The Hall–Kier alpha value is -3.46. The number of aromatic nitrogens is 2. The molecular formula is C23H21F3N4O2. The van der Waals surface area contributed by atoms with E-state index >= 15 is 0 Å². The zero-order valence-corrected chi connectivity index (χ0v) is 17.0. The molecule has 3 aromatic rings. The molecule has 2 atom stereocenters. The van der Waals surface area contributed by atoms with Gasteiger partial charge in [0.15, 0.2) is 5.82 Å². The number of amides is 1. The summed E-state index contributed by atoms with van der Waals surface area (Å²) in [6.07, 6.45) is -3.17. The van der Waals surface area contributed by atoms with Crippen LogP contribution in [0.5, 0.6) is 0 Å². The van der Waals surface area contributed by atoms with Crippen molar-refractivity contribution in [2.45, 2.75) is 12.2 Å². The zero-order valence-electron chi connectivity index (χ0n) is 17.0. The number of hydrogen-bond donors (Lipinski definition) is 2. The molecule has 0 radical (unpaired) electrons. The fraction of sp³-hybridized carbons (Fsp3) is 0.261. The second-order valence-corrected chi connectivity index (χ2v) is 7.66. The summed E-state index contributed by atoms with van der Waals surface area (Å²) < 4.78 is 38.7. The van der Waals surface area contributed by atoms with Crippen molar-refractivity contribution in [3.63, 3.8) is 0 Å². The fourth-order valence-electron chi connectivity index (χ4n) is 3.95. The molecule has 0 spiro atoms. The summed E-state index contributed by atoms with van der Waals surface area (Å²) in [6.45, 7) is 4.18. The Morgan fingerprint density at radius 1 is 1.12 bits per heavy atom. The maximum Gasteiger partial charge on any atom is 0.416 e. The minimum absolute atomic E-state index is 0.104. The third-order valence-corrected chi connectivity index (χ3v) is 5.66. The number of aliphatic hydroxyl groups is 1. The van der Waals surface area contributed by atoms with E-state index in [2.05, 4.69) is 22.1 Å². The molecule has 2 heterocycles. The number of likely N-dealkylation sites (tertiary alicyclic amines) is 1. The van der Waals surface area contributed by atoms with Crippen molar-refractivity contribution in [2.24, 2.45) is 5.92 Å². The van der Waals surface area contributed by atoms with Crippen LogP contribution in [0, 0.1) is 5.92 Å². The molecule has 1 fully saturated rings. The molecular weight excluding hydrogens is 421 g/mol. The number of nitrogens with zero attached hydrogens (tertiary/aromatic N) is 3. The quantitative estimate of drug-likeness (QED) is 0.589. The van der Waals surface area contributed by atoms with Crippen molar-refractivity contribution < 1.29 is 23.1 Å². The molecule has 0 unspecified atom stereocenters.